The second-order valence-corrected chi connectivity index (χ2v) is 7.62. The quantitative estimate of drug-likeness (QED) is 0.627. The topological polar surface area (TPSA) is 33.3 Å². The number of ether oxygens (including phenoxy) is 1. The summed E-state index contributed by atoms with van der Waals surface area (Å²) in [6, 6.07) is 11.2. The number of halogens is 2. The second kappa shape index (κ2) is 7.60. The number of hydrogen-bond donors (Lipinski definition) is 2. The maximum atomic E-state index is 6.15. The van der Waals surface area contributed by atoms with Crippen LogP contribution in [0.15, 0.2) is 36.4 Å². The molecule has 0 aliphatic heterocycles. The Labute approximate surface area is 158 Å². The fraction of sp³-hybridized carbons (Fsp3) is 0.278. The van der Waals surface area contributed by atoms with E-state index < -0.39 is 0 Å². The summed E-state index contributed by atoms with van der Waals surface area (Å²) in [7, 11) is 1.63. The molecule has 128 valence electrons. The lowest BCUT2D eigenvalue weighted by atomic mass is 9.87. The average molecular weight is 383 g/mol. The van der Waals surface area contributed by atoms with Crippen LogP contribution in [-0.2, 0) is 5.41 Å². The van der Waals surface area contributed by atoms with E-state index in [0.717, 1.165) is 5.69 Å². The van der Waals surface area contributed by atoms with Gasteiger partial charge in [-0.1, -0.05) is 50.0 Å². The van der Waals surface area contributed by atoms with Gasteiger partial charge in [-0.05, 0) is 53.5 Å². The highest BCUT2D eigenvalue weighted by atomic mass is 35.5. The molecule has 0 atom stereocenters. The van der Waals surface area contributed by atoms with Crippen molar-refractivity contribution in [2.24, 2.45) is 0 Å². The molecule has 2 rings (SSSR count). The molecule has 0 spiro atoms. The van der Waals surface area contributed by atoms with E-state index in [9.17, 15) is 0 Å². The standard InChI is InChI=1S/C18H20Cl2N2OS/c1-18(2,3)11-5-8-16(23-4)15(9-11)22-17(24)21-14-10-12(19)6-7-13(14)20/h5-10H,1-4H3,(H2,21,22,24). The van der Waals surface area contributed by atoms with Crippen LogP contribution in [0, 0.1) is 0 Å². The number of benzene rings is 2. The van der Waals surface area contributed by atoms with Crippen molar-refractivity contribution in [3.63, 3.8) is 0 Å². The zero-order valence-electron chi connectivity index (χ0n) is 14.0. The minimum atomic E-state index is 0.0218. The van der Waals surface area contributed by atoms with E-state index in [4.69, 9.17) is 40.2 Å². The molecule has 0 unspecified atom stereocenters. The summed E-state index contributed by atoms with van der Waals surface area (Å²) in [6.07, 6.45) is 0. The molecule has 0 aliphatic rings. The van der Waals surface area contributed by atoms with Crippen molar-refractivity contribution in [3.8, 4) is 5.75 Å². The zero-order valence-corrected chi connectivity index (χ0v) is 16.4. The van der Waals surface area contributed by atoms with Gasteiger partial charge in [0.25, 0.3) is 0 Å². The van der Waals surface area contributed by atoms with Gasteiger partial charge in [0, 0.05) is 5.02 Å². The van der Waals surface area contributed by atoms with Crippen LogP contribution in [-0.4, -0.2) is 12.2 Å². The van der Waals surface area contributed by atoms with E-state index in [1.54, 1.807) is 25.3 Å². The maximum Gasteiger partial charge on any atom is 0.175 e. The van der Waals surface area contributed by atoms with Crippen LogP contribution in [0.1, 0.15) is 26.3 Å². The molecule has 3 nitrogen and oxygen atoms in total. The summed E-state index contributed by atoms with van der Waals surface area (Å²) in [5.41, 5.74) is 2.64. The first-order valence-electron chi connectivity index (χ1n) is 7.42. The van der Waals surface area contributed by atoms with Gasteiger partial charge >= 0.3 is 0 Å². The van der Waals surface area contributed by atoms with Gasteiger partial charge in [0.2, 0.25) is 0 Å². The number of thiocarbonyl (C=S) groups is 1. The Balaban J connectivity index is 2.23. The first-order chi connectivity index (χ1) is 11.2. The molecular formula is C18H20Cl2N2OS. The fourth-order valence-electron chi connectivity index (χ4n) is 2.14. The Morgan fingerprint density at radius 3 is 2.29 bits per heavy atom. The zero-order chi connectivity index (χ0) is 17.9. The van der Waals surface area contributed by atoms with E-state index in [1.807, 2.05) is 18.2 Å². The molecule has 2 aromatic carbocycles. The van der Waals surface area contributed by atoms with Crippen molar-refractivity contribution in [1.82, 2.24) is 0 Å². The summed E-state index contributed by atoms with van der Waals surface area (Å²) in [4.78, 5) is 0. The van der Waals surface area contributed by atoms with Gasteiger partial charge in [0.05, 0.1) is 23.5 Å². The van der Waals surface area contributed by atoms with Gasteiger partial charge in [0.15, 0.2) is 5.11 Å². The maximum absolute atomic E-state index is 6.15. The van der Waals surface area contributed by atoms with Crippen molar-refractivity contribution >= 4 is 51.9 Å². The van der Waals surface area contributed by atoms with Crippen LogP contribution in [0.4, 0.5) is 11.4 Å². The molecule has 0 aliphatic carbocycles. The van der Waals surface area contributed by atoms with Gasteiger partial charge in [-0.25, -0.2) is 0 Å². The summed E-state index contributed by atoms with van der Waals surface area (Å²) in [6.45, 7) is 6.46. The SMILES string of the molecule is COc1ccc(C(C)(C)C)cc1NC(=S)Nc1cc(Cl)ccc1Cl. The van der Waals surface area contributed by atoms with Gasteiger partial charge in [-0.2, -0.15) is 0 Å². The van der Waals surface area contributed by atoms with Crippen molar-refractivity contribution < 1.29 is 4.74 Å². The van der Waals surface area contributed by atoms with Gasteiger partial charge < -0.3 is 15.4 Å². The third-order valence-electron chi connectivity index (χ3n) is 3.49. The first-order valence-corrected chi connectivity index (χ1v) is 8.58. The molecular weight excluding hydrogens is 363 g/mol. The van der Waals surface area contributed by atoms with Crippen LogP contribution in [0.5, 0.6) is 5.75 Å². The Morgan fingerprint density at radius 2 is 1.67 bits per heavy atom. The second-order valence-electron chi connectivity index (χ2n) is 6.37. The van der Waals surface area contributed by atoms with Crippen LogP contribution < -0.4 is 15.4 Å². The molecule has 24 heavy (non-hydrogen) atoms. The van der Waals surface area contributed by atoms with Crippen LogP contribution in [0.2, 0.25) is 10.0 Å². The van der Waals surface area contributed by atoms with Crippen LogP contribution in [0.25, 0.3) is 0 Å². The molecule has 0 radical (unpaired) electrons. The van der Waals surface area contributed by atoms with E-state index >= 15 is 0 Å². The molecule has 6 heteroatoms. The number of methoxy groups -OCH3 is 1. The van der Waals surface area contributed by atoms with E-state index in [2.05, 4.69) is 31.4 Å². The Bertz CT molecular complexity index is 757. The average Bonchev–Trinajstić information content (AvgIpc) is 2.50. The molecule has 0 heterocycles. The predicted molar refractivity (Wildman–Crippen MR) is 108 cm³/mol. The largest absolute Gasteiger partial charge is 0.495 e. The lowest BCUT2D eigenvalue weighted by Crippen LogP contribution is -2.20. The molecule has 0 amide bonds. The normalized spacial score (nSPS) is 11.1. The minimum absolute atomic E-state index is 0.0218. The Kier molecular flexibility index (Phi) is 5.97. The Hall–Kier alpha value is -1.49. The van der Waals surface area contributed by atoms with Crippen LogP contribution >= 0.6 is 35.4 Å². The van der Waals surface area contributed by atoms with Gasteiger partial charge in [0.1, 0.15) is 5.75 Å². The third kappa shape index (κ3) is 4.76. The molecule has 0 saturated heterocycles. The lowest BCUT2D eigenvalue weighted by molar-refractivity contribution is 0.416. The van der Waals surface area contributed by atoms with E-state index in [1.165, 1.54) is 5.56 Å². The Morgan fingerprint density at radius 1 is 1.00 bits per heavy atom. The number of rotatable bonds is 3. The monoisotopic (exact) mass is 382 g/mol. The smallest absolute Gasteiger partial charge is 0.175 e. The highest BCUT2D eigenvalue weighted by Gasteiger charge is 2.16. The lowest BCUT2D eigenvalue weighted by Gasteiger charge is -2.22. The predicted octanol–water partition coefficient (Wildman–Crippen LogP) is 6.11. The van der Waals surface area contributed by atoms with Crippen molar-refractivity contribution in [2.75, 3.05) is 17.7 Å². The molecule has 2 aromatic rings. The molecule has 0 saturated carbocycles. The molecule has 0 aromatic heterocycles. The number of anilines is 2. The van der Waals surface area contributed by atoms with Crippen molar-refractivity contribution in [2.45, 2.75) is 26.2 Å². The summed E-state index contributed by atoms with van der Waals surface area (Å²) in [5, 5.41) is 7.75. The minimum Gasteiger partial charge on any atom is -0.495 e. The van der Waals surface area contributed by atoms with Crippen LogP contribution in [0.3, 0.4) is 0 Å². The molecule has 0 bridgehead atoms. The first kappa shape index (κ1) is 18.8. The summed E-state index contributed by atoms with van der Waals surface area (Å²) in [5.74, 6) is 0.712. The number of nitrogens with one attached hydrogen (secondary N) is 2. The summed E-state index contributed by atoms with van der Waals surface area (Å²) >= 11 is 17.5. The fourth-order valence-corrected chi connectivity index (χ4v) is 2.70. The molecule has 0 fully saturated rings. The van der Waals surface area contributed by atoms with E-state index in [0.29, 0.717) is 26.6 Å². The van der Waals surface area contributed by atoms with Gasteiger partial charge in [-0.15, -0.1) is 0 Å². The highest BCUT2D eigenvalue weighted by molar-refractivity contribution is 7.80. The van der Waals surface area contributed by atoms with Crippen molar-refractivity contribution in [1.29, 1.82) is 0 Å². The van der Waals surface area contributed by atoms with E-state index in [-0.39, 0.29) is 5.41 Å². The summed E-state index contributed by atoms with van der Waals surface area (Å²) < 4.78 is 5.41. The molecule has 2 N–H and O–H groups in total. The number of hydrogen-bond acceptors (Lipinski definition) is 2. The van der Waals surface area contributed by atoms with Crippen molar-refractivity contribution in [3.05, 3.63) is 52.0 Å². The van der Waals surface area contributed by atoms with Gasteiger partial charge in [-0.3, -0.25) is 0 Å². The highest BCUT2D eigenvalue weighted by Crippen LogP contribution is 2.32. The third-order valence-corrected chi connectivity index (χ3v) is 4.26.